The minimum Gasteiger partial charge on any atom is -0.336 e. The molecule has 2 nitrogen and oxygen atoms in total. The monoisotopic (exact) mass is 296 g/mol. The standard InChI is InChI=1S/C18H20N2S/c1-3-14-4-5-16-11-17(7-6-15(16)10-14)18(21-2)12-20-9-8-19-13-20/h4-11,13,18H,3,12H2,1-2H3. The molecule has 3 aromatic rings. The molecule has 0 aliphatic rings. The van der Waals surface area contributed by atoms with E-state index in [4.69, 9.17) is 0 Å². The molecule has 0 radical (unpaired) electrons. The fourth-order valence-electron chi connectivity index (χ4n) is 2.64. The van der Waals surface area contributed by atoms with Crippen molar-refractivity contribution in [1.29, 1.82) is 0 Å². The van der Waals surface area contributed by atoms with Gasteiger partial charge in [0.15, 0.2) is 0 Å². The number of rotatable bonds is 5. The summed E-state index contributed by atoms with van der Waals surface area (Å²) in [6.07, 6.45) is 9.01. The Morgan fingerprint density at radius 2 is 1.95 bits per heavy atom. The second kappa shape index (κ2) is 6.35. The zero-order valence-electron chi connectivity index (χ0n) is 12.5. The van der Waals surface area contributed by atoms with Gasteiger partial charge in [0.05, 0.1) is 6.33 Å². The van der Waals surface area contributed by atoms with Gasteiger partial charge in [-0.05, 0) is 40.6 Å². The second-order valence-electron chi connectivity index (χ2n) is 5.28. The number of hydrogen-bond donors (Lipinski definition) is 0. The predicted molar refractivity (Wildman–Crippen MR) is 91.8 cm³/mol. The van der Waals surface area contributed by atoms with E-state index in [0.717, 1.165) is 13.0 Å². The predicted octanol–water partition coefficient (Wildman–Crippen LogP) is 4.70. The molecule has 0 N–H and O–H groups in total. The molecule has 0 saturated heterocycles. The van der Waals surface area contributed by atoms with Crippen LogP contribution in [0, 0.1) is 0 Å². The Bertz CT molecular complexity index is 719. The minimum absolute atomic E-state index is 0.453. The second-order valence-corrected chi connectivity index (χ2v) is 6.32. The van der Waals surface area contributed by atoms with Gasteiger partial charge in [-0.1, -0.05) is 37.3 Å². The fourth-order valence-corrected chi connectivity index (χ4v) is 3.38. The maximum Gasteiger partial charge on any atom is 0.0946 e. The van der Waals surface area contributed by atoms with Gasteiger partial charge in [-0.15, -0.1) is 0 Å². The van der Waals surface area contributed by atoms with E-state index in [2.05, 4.69) is 59.1 Å². The summed E-state index contributed by atoms with van der Waals surface area (Å²) in [6.45, 7) is 3.16. The number of aromatic nitrogens is 2. The third kappa shape index (κ3) is 3.13. The topological polar surface area (TPSA) is 17.8 Å². The van der Waals surface area contributed by atoms with Gasteiger partial charge >= 0.3 is 0 Å². The van der Waals surface area contributed by atoms with Gasteiger partial charge in [0.25, 0.3) is 0 Å². The van der Waals surface area contributed by atoms with Gasteiger partial charge in [0.1, 0.15) is 0 Å². The average molecular weight is 296 g/mol. The van der Waals surface area contributed by atoms with E-state index < -0.39 is 0 Å². The summed E-state index contributed by atoms with van der Waals surface area (Å²) in [4.78, 5) is 4.13. The number of hydrogen-bond acceptors (Lipinski definition) is 2. The van der Waals surface area contributed by atoms with Gasteiger partial charge in [-0.3, -0.25) is 0 Å². The van der Waals surface area contributed by atoms with E-state index in [9.17, 15) is 0 Å². The first-order valence-corrected chi connectivity index (χ1v) is 8.60. The van der Waals surface area contributed by atoms with Crippen LogP contribution in [0.3, 0.4) is 0 Å². The highest BCUT2D eigenvalue weighted by molar-refractivity contribution is 7.98. The summed E-state index contributed by atoms with van der Waals surface area (Å²) in [6, 6.07) is 13.6. The maximum absolute atomic E-state index is 4.13. The molecule has 2 aromatic carbocycles. The van der Waals surface area contributed by atoms with Crippen LogP contribution in [0.4, 0.5) is 0 Å². The highest BCUT2D eigenvalue weighted by atomic mass is 32.2. The Balaban J connectivity index is 1.91. The van der Waals surface area contributed by atoms with Crippen LogP contribution in [0.2, 0.25) is 0 Å². The normalized spacial score (nSPS) is 12.7. The van der Waals surface area contributed by atoms with Crippen LogP contribution in [0.5, 0.6) is 0 Å². The highest BCUT2D eigenvalue weighted by Gasteiger charge is 2.11. The van der Waals surface area contributed by atoms with Crippen LogP contribution in [0.15, 0.2) is 55.1 Å². The summed E-state index contributed by atoms with van der Waals surface area (Å²) < 4.78 is 2.14. The van der Waals surface area contributed by atoms with Crippen molar-refractivity contribution in [3.8, 4) is 0 Å². The summed E-state index contributed by atoms with van der Waals surface area (Å²) >= 11 is 1.89. The average Bonchev–Trinajstić information content (AvgIpc) is 3.04. The van der Waals surface area contributed by atoms with Crippen molar-refractivity contribution in [3.63, 3.8) is 0 Å². The molecule has 3 heteroatoms. The highest BCUT2D eigenvalue weighted by Crippen LogP contribution is 2.31. The van der Waals surface area contributed by atoms with Crippen molar-refractivity contribution in [2.45, 2.75) is 25.1 Å². The SMILES string of the molecule is CCc1ccc2cc(C(Cn3ccnc3)SC)ccc2c1. The van der Waals surface area contributed by atoms with Crippen molar-refractivity contribution >= 4 is 22.5 Å². The Morgan fingerprint density at radius 1 is 1.14 bits per heavy atom. The molecule has 1 atom stereocenters. The molecule has 21 heavy (non-hydrogen) atoms. The molecule has 108 valence electrons. The van der Waals surface area contributed by atoms with Crippen molar-refractivity contribution < 1.29 is 0 Å². The maximum atomic E-state index is 4.13. The van der Waals surface area contributed by atoms with Gasteiger partial charge in [-0.2, -0.15) is 11.8 Å². The van der Waals surface area contributed by atoms with Gasteiger partial charge in [0.2, 0.25) is 0 Å². The Labute approximate surface area is 130 Å². The zero-order valence-corrected chi connectivity index (χ0v) is 13.3. The Hall–Kier alpha value is -1.74. The molecular weight excluding hydrogens is 276 g/mol. The van der Waals surface area contributed by atoms with Crippen molar-refractivity contribution in [2.75, 3.05) is 6.26 Å². The van der Waals surface area contributed by atoms with E-state index in [1.165, 1.54) is 21.9 Å². The molecule has 0 saturated carbocycles. The molecule has 1 heterocycles. The quantitative estimate of drug-likeness (QED) is 0.679. The molecule has 1 aromatic heterocycles. The lowest BCUT2D eigenvalue weighted by Crippen LogP contribution is -2.04. The fraction of sp³-hybridized carbons (Fsp3) is 0.278. The van der Waals surface area contributed by atoms with Crippen LogP contribution in [0.1, 0.15) is 23.3 Å². The first-order chi connectivity index (χ1) is 10.3. The van der Waals surface area contributed by atoms with E-state index in [0.29, 0.717) is 5.25 Å². The summed E-state index contributed by atoms with van der Waals surface area (Å²) in [5.74, 6) is 0. The van der Waals surface area contributed by atoms with Crippen LogP contribution in [0.25, 0.3) is 10.8 Å². The number of fused-ring (bicyclic) bond motifs is 1. The smallest absolute Gasteiger partial charge is 0.0946 e. The van der Waals surface area contributed by atoms with E-state index in [1.807, 2.05) is 30.5 Å². The van der Waals surface area contributed by atoms with Crippen LogP contribution >= 0.6 is 11.8 Å². The molecule has 0 aliphatic carbocycles. The van der Waals surface area contributed by atoms with Crippen molar-refractivity contribution in [2.24, 2.45) is 0 Å². The summed E-state index contributed by atoms with van der Waals surface area (Å²) in [7, 11) is 0. The third-order valence-corrected chi connectivity index (χ3v) is 4.92. The lowest BCUT2D eigenvalue weighted by molar-refractivity contribution is 0.685. The molecule has 0 aliphatic heterocycles. The van der Waals surface area contributed by atoms with Crippen LogP contribution in [-0.4, -0.2) is 15.8 Å². The molecule has 0 fully saturated rings. The van der Waals surface area contributed by atoms with E-state index >= 15 is 0 Å². The molecule has 0 bridgehead atoms. The lowest BCUT2D eigenvalue weighted by Gasteiger charge is -2.16. The Morgan fingerprint density at radius 3 is 2.67 bits per heavy atom. The van der Waals surface area contributed by atoms with Gasteiger partial charge < -0.3 is 4.57 Å². The first kappa shape index (κ1) is 14.2. The molecule has 3 rings (SSSR count). The molecule has 1 unspecified atom stereocenters. The summed E-state index contributed by atoms with van der Waals surface area (Å²) in [5, 5.41) is 3.12. The number of benzene rings is 2. The number of thioether (sulfide) groups is 1. The van der Waals surface area contributed by atoms with Crippen LogP contribution < -0.4 is 0 Å². The molecule has 0 amide bonds. The zero-order chi connectivity index (χ0) is 14.7. The van der Waals surface area contributed by atoms with Crippen molar-refractivity contribution in [1.82, 2.24) is 9.55 Å². The van der Waals surface area contributed by atoms with Crippen molar-refractivity contribution in [3.05, 3.63) is 66.2 Å². The molecular formula is C18H20N2S. The first-order valence-electron chi connectivity index (χ1n) is 7.31. The van der Waals surface area contributed by atoms with Gasteiger partial charge in [-0.25, -0.2) is 4.98 Å². The molecule has 0 spiro atoms. The number of aryl methyl sites for hydroxylation is 1. The van der Waals surface area contributed by atoms with E-state index in [1.54, 1.807) is 0 Å². The Kier molecular flexibility index (Phi) is 4.30. The van der Waals surface area contributed by atoms with Gasteiger partial charge in [0, 0.05) is 24.2 Å². The number of imidazole rings is 1. The number of nitrogens with zero attached hydrogens (tertiary/aromatic N) is 2. The summed E-state index contributed by atoms with van der Waals surface area (Å²) in [5.41, 5.74) is 2.78. The third-order valence-electron chi connectivity index (χ3n) is 3.93. The van der Waals surface area contributed by atoms with E-state index in [-0.39, 0.29) is 0 Å². The largest absolute Gasteiger partial charge is 0.336 e. The van der Waals surface area contributed by atoms with Crippen LogP contribution in [-0.2, 0) is 13.0 Å². The lowest BCUT2D eigenvalue weighted by atomic mass is 10.0. The minimum atomic E-state index is 0.453.